The Morgan fingerprint density at radius 1 is 1.18 bits per heavy atom. The zero-order valence-corrected chi connectivity index (χ0v) is 22.4. The fraction of sp³-hybridized carbons (Fsp3) is 0.333. The summed E-state index contributed by atoms with van der Waals surface area (Å²) in [5, 5.41) is 9.56. The summed E-state index contributed by atoms with van der Waals surface area (Å²) in [5.74, 6) is 4.61. The Balaban J connectivity index is 1.44. The lowest BCUT2D eigenvalue weighted by Gasteiger charge is -2.47. The van der Waals surface area contributed by atoms with Crippen LogP contribution in [-0.4, -0.2) is 57.9 Å². The summed E-state index contributed by atoms with van der Waals surface area (Å²) in [6.45, 7) is 5.26. The van der Waals surface area contributed by atoms with Crippen LogP contribution in [-0.2, 0) is 16.4 Å². The SMILES string of the molecule is C#CCn1cc(-c2nccc(Nc3cc4c(C(C)C)ccc(N5C[C@H](CS(C)(=O)=O)[C@H]5N)c4cn3)n2)cn1. The number of fused-ring (bicyclic) bond motifs is 1. The maximum atomic E-state index is 11.8. The number of rotatable bonds is 8. The van der Waals surface area contributed by atoms with E-state index >= 15 is 0 Å². The van der Waals surface area contributed by atoms with Gasteiger partial charge < -0.3 is 16.0 Å². The summed E-state index contributed by atoms with van der Waals surface area (Å²) in [7, 11) is -3.09. The standard InChI is InChI=1S/C27H30N8O2S/c1-5-10-34-14-18(12-31-34)27-29-9-8-24(33-27)32-25-11-21-20(17(2)3)6-7-23(22(21)13-30-25)35-15-19(26(35)28)16-38(4,36)37/h1,6-9,11-14,17,19,26H,10,15-16,28H2,2-4H3,(H,29,30,32,33)/t19-,26+/m1/s1. The summed E-state index contributed by atoms with van der Waals surface area (Å²) < 4.78 is 25.2. The summed E-state index contributed by atoms with van der Waals surface area (Å²) >= 11 is 0. The highest BCUT2D eigenvalue weighted by Gasteiger charge is 2.39. The first-order valence-electron chi connectivity index (χ1n) is 12.3. The molecule has 1 aliphatic rings. The predicted octanol–water partition coefficient (Wildman–Crippen LogP) is 3.15. The van der Waals surface area contributed by atoms with Gasteiger partial charge in [-0.25, -0.2) is 23.4 Å². The lowest BCUT2D eigenvalue weighted by Crippen LogP contribution is -2.63. The third-order valence-corrected chi connectivity index (χ3v) is 7.72. The van der Waals surface area contributed by atoms with E-state index in [4.69, 9.17) is 12.2 Å². The van der Waals surface area contributed by atoms with Crippen LogP contribution in [0.3, 0.4) is 0 Å². The van der Waals surface area contributed by atoms with Gasteiger partial charge in [-0.2, -0.15) is 5.10 Å². The first-order chi connectivity index (χ1) is 18.1. The molecule has 0 saturated carbocycles. The first kappa shape index (κ1) is 25.6. The van der Waals surface area contributed by atoms with Gasteiger partial charge in [0.05, 0.1) is 23.7 Å². The van der Waals surface area contributed by atoms with Crippen LogP contribution < -0.4 is 16.0 Å². The minimum atomic E-state index is -3.09. The molecule has 10 nitrogen and oxygen atoms in total. The molecule has 3 aromatic heterocycles. The van der Waals surface area contributed by atoms with Crippen LogP contribution in [0.25, 0.3) is 22.2 Å². The van der Waals surface area contributed by atoms with Crippen LogP contribution >= 0.6 is 0 Å². The molecule has 4 heterocycles. The molecule has 0 amide bonds. The third kappa shape index (κ3) is 5.18. The molecule has 0 spiro atoms. The molecule has 11 heteroatoms. The number of hydrogen-bond donors (Lipinski definition) is 2. The molecule has 196 valence electrons. The Bertz CT molecular complexity index is 1640. The molecule has 1 aliphatic heterocycles. The van der Waals surface area contributed by atoms with Gasteiger partial charge in [0, 0.05) is 48.4 Å². The lowest BCUT2D eigenvalue weighted by molar-refractivity contribution is 0.328. The van der Waals surface area contributed by atoms with Crippen molar-refractivity contribution in [1.82, 2.24) is 24.7 Å². The zero-order chi connectivity index (χ0) is 27.0. The number of aromatic nitrogens is 5. The van der Waals surface area contributed by atoms with E-state index in [0.29, 0.717) is 30.5 Å². The first-order valence-corrected chi connectivity index (χ1v) is 14.4. The molecular weight excluding hydrogens is 500 g/mol. The van der Waals surface area contributed by atoms with Gasteiger partial charge in [0.1, 0.15) is 28.0 Å². The molecule has 1 fully saturated rings. The predicted molar refractivity (Wildman–Crippen MR) is 150 cm³/mol. The van der Waals surface area contributed by atoms with Crippen molar-refractivity contribution in [1.29, 1.82) is 0 Å². The maximum Gasteiger partial charge on any atom is 0.164 e. The number of nitrogens with two attached hydrogens (primary N) is 1. The number of terminal acetylenes is 1. The van der Waals surface area contributed by atoms with Gasteiger partial charge in [-0.1, -0.05) is 25.8 Å². The minimum Gasteiger partial charge on any atom is -0.355 e. The normalized spacial score (nSPS) is 17.4. The van der Waals surface area contributed by atoms with Crippen molar-refractivity contribution in [3.8, 4) is 23.7 Å². The zero-order valence-electron chi connectivity index (χ0n) is 21.5. The van der Waals surface area contributed by atoms with Crippen molar-refractivity contribution < 1.29 is 8.42 Å². The molecule has 0 aliphatic carbocycles. The Kier molecular flexibility index (Phi) is 6.77. The molecule has 38 heavy (non-hydrogen) atoms. The van der Waals surface area contributed by atoms with E-state index in [-0.39, 0.29) is 23.8 Å². The van der Waals surface area contributed by atoms with Crippen LogP contribution in [0.1, 0.15) is 25.3 Å². The number of sulfone groups is 1. The smallest absolute Gasteiger partial charge is 0.164 e. The summed E-state index contributed by atoms with van der Waals surface area (Å²) in [6, 6.07) is 7.96. The van der Waals surface area contributed by atoms with E-state index in [9.17, 15) is 8.42 Å². The summed E-state index contributed by atoms with van der Waals surface area (Å²) in [5.41, 5.74) is 9.31. The highest BCUT2D eigenvalue weighted by molar-refractivity contribution is 7.90. The maximum absolute atomic E-state index is 11.8. The quantitative estimate of drug-likeness (QED) is 0.330. The fourth-order valence-electron chi connectivity index (χ4n) is 4.82. The van der Waals surface area contributed by atoms with Gasteiger partial charge in [0.2, 0.25) is 0 Å². The van der Waals surface area contributed by atoms with Gasteiger partial charge in [-0.15, -0.1) is 6.42 Å². The average Bonchev–Trinajstić information content (AvgIpc) is 3.34. The van der Waals surface area contributed by atoms with Crippen molar-refractivity contribution in [3.05, 3.63) is 54.6 Å². The van der Waals surface area contributed by atoms with Gasteiger partial charge in [0.25, 0.3) is 0 Å². The molecule has 0 radical (unpaired) electrons. The molecule has 0 bridgehead atoms. The largest absolute Gasteiger partial charge is 0.355 e. The van der Waals surface area contributed by atoms with Crippen molar-refractivity contribution in [2.24, 2.45) is 11.7 Å². The molecule has 3 N–H and O–H groups in total. The lowest BCUT2D eigenvalue weighted by atomic mass is 9.92. The monoisotopic (exact) mass is 530 g/mol. The molecule has 5 rings (SSSR count). The van der Waals surface area contributed by atoms with Gasteiger partial charge in [-0.05, 0) is 35.1 Å². The van der Waals surface area contributed by atoms with Gasteiger partial charge in [0.15, 0.2) is 5.82 Å². The topological polar surface area (TPSA) is 132 Å². The van der Waals surface area contributed by atoms with E-state index < -0.39 is 9.84 Å². The molecule has 0 unspecified atom stereocenters. The fourth-order valence-corrected chi connectivity index (χ4v) is 5.90. The second-order valence-electron chi connectivity index (χ2n) is 9.96. The van der Waals surface area contributed by atoms with Gasteiger partial charge in [-0.3, -0.25) is 4.68 Å². The van der Waals surface area contributed by atoms with Crippen LogP contribution in [0, 0.1) is 18.3 Å². The van der Waals surface area contributed by atoms with E-state index in [1.54, 1.807) is 23.1 Å². The number of nitrogens with zero attached hydrogens (tertiary/aromatic N) is 6. The Labute approximate surface area is 222 Å². The van der Waals surface area contributed by atoms with Crippen LogP contribution in [0.5, 0.6) is 0 Å². The number of anilines is 3. The highest BCUT2D eigenvalue weighted by atomic mass is 32.2. The second-order valence-corrected chi connectivity index (χ2v) is 12.1. The molecular formula is C27H30N8O2S. The van der Waals surface area contributed by atoms with Crippen molar-refractivity contribution in [2.45, 2.75) is 32.5 Å². The summed E-state index contributed by atoms with van der Waals surface area (Å²) in [6.07, 6.45) is 13.3. The van der Waals surface area contributed by atoms with E-state index in [1.165, 1.54) is 11.8 Å². The average molecular weight is 531 g/mol. The second kappa shape index (κ2) is 10.0. The molecule has 4 aromatic rings. The van der Waals surface area contributed by atoms with Crippen molar-refractivity contribution in [2.75, 3.05) is 28.8 Å². The van der Waals surface area contributed by atoms with Crippen LogP contribution in [0.4, 0.5) is 17.3 Å². The Morgan fingerprint density at radius 2 is 2.00 bits per heavy atom. The van der Waals surface area contributed by atoms with Crippen molar-refractivity contribution in [3.63, 3.8) is 0 Å². The molecule has 1 saturated heterocycles. The van der Waals surface area contributed by atoms with Crippen molar-refractivity contribution >= 4 is 37.9 Å². The van der Waals surface area contributed by atoms with Crippen LogP contribution in [0.2, 0.25) is 0 Å². The Morgan fingerprint density at radius 3 is 2.71 bits per heavy atom. The minimum absolute atomic E-state index is 0.0879. The van der Waals surface area contributed by atoms with E-state index in [0.717, 1.165) is 22.0 Å². The highest BCUT2D eigenvalue weighted by Crippen LogP contribution is 2.38. The van der Waals surface area contributed by atoms with Crippen LogP contribution in [0.15, 0.2) is 49.1 Å². The summed E-state index contributed by atoms with van der Waals surface area (Å²) in [4.78, 5) is 15.7. The van der Waals surface area contributed by atoms with E-state index in [2.05, 4.69) is 57.3 Å². The number of hydrogen-bond acceptors (Lipinski definition) is 9. The molecule has 2 atom stereocenters. The third-order valence-electron chi connectivity index (χ3n) is 6.69. The van der Waals surface area contributed by atoms with E-state index in [1.807, 2.05) is 23.4 Å². The number of nitrogens with one attached hydrogen (secondary N) is 1. The number of benzene rings is 1. The van der Waals surface area contributed by atoms with Gasteiger partial charge >= 0.3 is 0 Å². The Hall–Kier alpha value is -4.01. The molecule has 1 aromatic carbocycles. The number of pyridine rings is 1.